The predicted molar refractivity (Wildman–Crippen MR) is 41.1 cm³/mol. The first kappa shape index (κ1) is 7.81. The van der Waals surface area contributed by atoms with Gasteiger partial charge in [-0.25, -0.2) is 4.98 Å². The summed E-state index contributed by atoms with van der Waals surface area (Å²) in [5, 5.41) is 8.80. The van der Waals surface area contributed by atoms with Crippen molar-refractivity contribution in [2.75, 3.05) is 12.8 Å². The quantitative estimate of drug-likeness (QED) is 0.637. The van der Waals surface area contributed by atoms with Gasteiger partial charge in [0.05, 0.1) is 25.6 Å². The third-order valence-corrected chi connectivity index (χ3v) is 1.31. The zero-order valence-corrected chi connectivity index (χ0v) is 6.24. The normalized spacial score (nSPS) is 9.64. The standard InChI is InChI=1S/C7H10N2O2/c1-11-7-5(4-10)2-6(8)3-9-7/h2-3,10H,4,8H2,1H3. The number of anilines is 1. The highest BCUT2D eigenvalue weighted by atomic mass is 16.5. The lowest BCUT2D eigenvalue weighted by atomic mass is 10.2. The molecule has 0 saturated carbocycles. The monoisotopic (exact) mass is 154 g/mol. The molecule has 4 nitrogen and oxygen atoms in total. The zero-order valence-electron chi connectivity index (χ0n) is 6.24. The molecule has 0 aliphatic heterocycles. The van der Waals surface area contributed by atoms with Gasteiger partial charge >= 0.3 is 0 Å². The van der Waals surface area contributed by atoms with Crippen molar-refractivity contribution in [2.24, 2.45) is 0 Å². The fourth-order valence-corrected chi connectivity index (χ4v) is 0.813. The Kier molecular flexibility index (Phi) is 2.28. The summed E-state index contributed by atoms with van der Waals surface area (Å²) < 4.78 is 4.86. The van der Waals surface area contributed by atoms with Crippen molar-refractivity contribution >= 4 is 5.69 Å². The number of nitrogen functional groups attached to an aromatic ring is 1. The number of nitrogens with zero attached hydrogens (tertiary/aromatic N) is 1. The minimum Gasteiger partial charge on any atom is -0.481 e. The van der Waals surface area contributed by atoms with Crippen LogP contribution in [0.3, 0.4) is 0 Å². The number of pyridine rings is 1. The van der Waals surface area contributed by atoms with Gasteiger partial charge in [-0.2, -0.15) is 0 Å². The highest BCUT2D eigenvalue weighted by Gasteiger charge is 2.01. The van der Waals surface area contributed by atoms with Crippen LogP contribution in [-0.4, -0.2) is 17.2 Å². The van der Waals surface area contributed by atoms with Gasteiger partial charge in [-0.15, -0.1) is 0 Å². The number of ether oxygens (including phenoxy) is 1. The molecule has 0 saturated heterocycles. The Hall–Kier alpha value is -1.29. The predicted octanol–water partition coefficient (Wildman–Crippen LogP) is 0.165. The van der Waals surface area contributed by atoms with Gasteiger partial charge in [0.15, 0.2) is 0 Å². The van der Waals surface area contributed by atoms with Crippen molar-refractivity contribution in [3.05, 3.63) is 17.8 Å². The molecule has 0 aliphatic carbocycles. The first-order chi connectivity index (χ1) is 5.27. The highest BCUT2D eigenvalue weighted by Crippen LogP contribution is 2.16. The second-order valence-electron chi connectivity index (χ2n) is 2.10. The van der Waals surface area contributed by atoms with Gasteiger partial charge in [0.1, 0.15) is 0 Å². The molecule has 0 bridgehead atoms. The number of aliphatic hydroxyl groups excluding tert-OH is 1. The highest BCUT2D eigenvalue weighted by molar-refractivity contribution is 5.42. The van der Waals surface area contributed by atoms with E-state index in [2.05, 4.69) is 4.98 Å². The maximum absolute atomic E-state index is 8.80. The van der Waals surface area contributed by atoms with Crippen LogP contribution in [0, 0.1) is 0 Å². The molecular formula is C7H10N2O2. The Labute approximate surface area is 64.6 Å². The summed E-state index contributed by atoms with van der Waals surface area (Å²) in [6, 6.07) is 1.63. The number of rotatable bonds is 2. The van der Waals surface area contributed by atoms with Crippen molar-refractivity contribution in [1.82, 2.24) is 4.98 Å². The van der Waals surface area contributed by atoms with E-state index in [1.165, 1.54) is 13.3 Å². The summed E-state index contributed by atoms with van der Waals surface area (Å²) in [4.78, 5) is 3.86. The summed E-state index contributed by atoms with van der Waals surface area (Å²) in [7, 11) is 1.50. The van der Waals surface area contributed by atoms with Crippen molar-refractivity contribution in [2.45, 2.75) is 6.61 Å². The van der Waals surface area contributed by atoms with Crippen LogP contribution in [-0.2, 0) is 6.61 Å². The van der Waals surface area contributed by atoms with Crippen LogP contribution in [0.2, 0.25) is 0 Å². The molecule has 0 atom stereocenters. The third kappa shape index (κ3) is 1.59. The third-order valence-electron chi connectivity index (χ3n) is 1.31. The molecule has 4 heteroatoms. The Bertz CT molecular complexity index is 250. The Morgan fingerprint density at radius 2 is 2.45 bits per heavy atom. The molecule has 0 fully saturated rings. The van der Waals surface area contributed by atoms with E-state index in [4.69, 9.17) is 15.6 Å². The van der Waals surface area contributed by atoms with Gasteiger partial charge in [-0.3, -0.25) is 0 Å². The minimum atomic E-state index is -0.110. The average Bonchev–Trinajstić information content (AvgIpc) is 2.04. The SMILES string of the molecule is COc1ncc(N)cc1CO. The number of nitrogens with two attached hydrogens (primary N) is 1. The molecule has 0 amide bonds. The van der Waals surface area contributed by atoms with Crippen molar-refractivity contribution in [1.29, 1.82) is 0 Å². The second-order valence-corrected chi connectivity index (χ2v) is 2.10. The maximum atomic E-state index is 8.80. The smallest absolute Gasteiger partial charge is 0.218 e. The van der Waals surface area contributed by atoms with Crippen LogP contribution < -0.4 is 10.5 Å². The van der Waals surface area contributed by atoms with Gasteiger partial charge in [0, 0.05) is 5.56 Å². The fraction of sp³-hybridized carbons (Fsp3) is 0.286. The van der Waals surface area contributed by atoms with E-state index in [1.807, 2.05) is 0 Å². The summed E-state index contributed by atoms with van der Waals surface area (Å²) in [6.45, 7) is -0.110. The molecule has 60 valence electrons. The maximum Gasteiger partial charge on any atom is 0.218 e. The molecular weight excluding hydrogens is 144 g/mol. The number of hydrogen-bond donors (Lipinski definition) is 2. The molecule has 1 aromatic heterocycles. The molecule has 0 unspecified atom stereocenters. The van der Waals surface area contributed by atoms with Crippen molar-refractivity contribution in [3.8, 4) is 5.88 Å². The van der Waals surface area contributed by atoms with Gasteiger partial charge in [-0.1, -0.05) is 0 Å². The van der Waals surface area contributed by atoms with E-state index in [1.54, 1.807) is 6.07 Å². The number of aliphatic hydroxyl groups is 1. The van der Waals surface area contributed by atoms with Crippen molar-refractivity contribution < 1.29 is 9.84 Å². The van der Waals surface area contributed by atoms with Crippen LogP contribution in [0.1, 0.15) is 5.56 Å². The number of methoxy groups -OCH3 is 1. The van der Waals surface area contributed by atoms with Crippen LogP contribution in [0.5, 0.6) is 5.88 Å². The Morgan fingerprint density at radius 1 is 1.73 bits per heavy atom. The Morgan fingerprint density at radius 3 is 3.00 bits per heavy atom. The molecule has 0 spiro atoms. The number of aromatic nitrogens is 1. The zero-order chi connectivity index (χ0) is 8.27. The molecule has 1 rings (SSSR count). The van der Waals surface area contributed by atoms with E-state index in [9.17, 15) is 0 Å². The van der Waals surface area contributed by atoms with Crippen molar-refractivity contribution in [3.63, 3.8) is 0 Å². The van der Waals surface area contributed by atoms with Crippen LogP contribution in [0.15, 0.2) is 12.3 Å². The molecule has 11 heavy (non-hydrogen) atoms. The average molecular weight is 154 g/mol. The lowest BCUT2D eigenvalue weighted by molar-refractivity contribution is 0.271. The van der Waals surface area contributed by atoms with E-state index in [0.717, 1.165) is 0 Å². The molecule has 0 radical (unpaired) electrons. The van der Waals surface area contributed by atoms with E-state index >= 15 is 0 Å². The largest absolute Gasteiger partial charge is 0.481 e. The summed E-state index contributed by atoms with van der Waals surface area (Å²) in [5.41, 5.74) is 6.56. The van der Waals surface area contributed by atoms with E-state index < -0.39 is 0 Å². The topological polar surface area (TPSA) is 68.4 Å². The van der Waals surface area contributed by atoms with E-state index in [0.29, 0.717) is 17.1 Å². The molecule has 0 aromatic carbocycles. The van der Waals surface area contributed by atoms with E-state index in [-0.39, 0.29) is 6.61 Å². The summed E-state index contributed by atoms with van der Waals surface area (Å²) >= 11 is 0. The van der Waals surface area contributed by atoms with Gasteiger partial charge in [0.25, 0.3) is 0 Å². The van der Waals surface area contributed by atoms with Crippen LogP contribution in [0.25, 0.3) is 0 Å². The first-order valence-corrected chi connectivity index (χ1v) is 3.17. The fourth-order valence-electron chi connectivity index (χ4n) is 0.813. The first-order valence-electron chi connectivity index (χ1n) is 3.17. The number of hydrogen-bond acceptors (Lipinski definition) is 4. The van der Waals surface area contributed by atoms with Gasteiger partial charge in [-0.05, 0) is 6.07 Å². The summed E-state index contributed by atoms with van der Waals surface area (Å²) in [5.74, 6) is 0.418. The molecule has 0 aliphatic rings. The second kappa shape index (κ2) is 3.21. The minimum absolute atomic E-state index is 0.110. The lowest BCUT2D eigenvalue weighted by Gasteiger charge is -2.04. The Balaban J connectivity index is 3.06. The van der Waals surface area contributed by atoms with Gasteiger partial charge < -0.3 is 15.6 Å². The van der Waals surface area contributed by atoms with Crippen LogP contribution >= 0.6 is 0 Å². The molecule has 1 aromatic rings. The summed E-state index contributed by atoms with van der Waals surface area (Å²) in [6.07, 6.45) is 1.48. The lowest BCUT2D eigenvalue weighted by Crippen LogP contribution is -1.97. The van der Waals surface area contributed by atoms with Crippen LogP contribution in [0.4, 0.5) is 5.69 Å². The molecule has 3 N–H and O–H groups in total. The van der Waals surface area contributed by atoms with Gasteiger partial charge in [0.2, 0.25) is 5.88 Å². The molecule has 1 heterocycles.